The quantitative estimate of drug-likeness (QED) is 0.673. The summed E-state index contributed by atoms with van der Waals surface area (Å²) in [5.74, 6) is 1.10. The first-order chi connectivity index (χ1) is 11.8. The van der Waals surface area contributed by atoms with Gasteiger partial charge in [0.25, 0.3) is 0 Å². The van der Waals surface area contributed by atoms with Crippen molar-refractivity contribution in [1.82, 2.24) is 14.1 Å². The molecule has 0 N–H and O–H groups in total. The molecule has 0 radical (unpaired) electrons. The van der Waals surface area contributed by atoms with Crippen LogP contribution in [0.2, 0.25) is 0 Å². The number of likely N-dealkylation sites (N-methyl/N-ethyl adjacent to an activating group) is 1. The maximum absolute atomic E-state index is 12.4. The van der Waals surface area contributed by atoms with Gasteiger partial charge in [0.2, 0.25) is 21.8 Å². The zero-order valence-corrected chi connectivity index (χ0v) is 16.0. The molecule has 25 heavy (non-hydrogen) atoms. The van der Waals surface area contributed by atoms with Crippen LogP contribution in [-0.2, 0) is 19.6 Å². The van der Waals surface area contributed by atoms with Crippen molar-refractivity contribution in [3.05, 3.63) is 0 Å². The number of amides is 2. The maximum atomic E-state index is 12.4. The van der Waals surface area contributed by atoms with E-state index in [4.69, 9.17) is 0 Å². The van der Waals surface area contributed by atoms with E-state index in [2.05, 4.69) is 4.90 Å². The Hall–Kier alpha value is -0.990. The third-order valence-electron chi connectivity index (χ3n) is 6.19. The van der Waals surface area contributed by atoms with Crippen LogP contribution in [0, 0.1) is 11.8 Å². The van der Waals surface area contributed by atoms with E-state index in [1.165, 1.54) is 11.2 Å². The number of rotatable bonds is 4. The lowest BCUT2D eigenvalue weighted by molar-refractivity contribution is -0.139. The van der Waals surface area contributed by atoms with E-state index < -0.39 is 10.0 Å². The Morgan fingerprint density at radius 3 is 1.92 bits per heavy atom. The summed E-state index contributed by atoms with van der Waals surface area (Å²) in [6, 6.07) is -0.263. The lowest BCUT2D eigenvalue weighted by Crippen LogP contribution is -2.47. The van der Waals surface area contributed by atoms with Gasteiger partial charge in [-0.05, 0) is 57.5 Å². The van der Waals surface area contributed by atoms with Gasteiger partial charge in [-0.25, -0.2) is 12.7 Å². The third-order valence-corrected chi connectivity index (χ3v) is 7.49. The number of carbonyl (C=O) groups excluding carboxylic acids is 2. The number of imide groups is 1. The molecule has 0 spiro atoms. The highest BCUT2D eigenvalue weighted by molar-refractivity contribution is 7.88. The van der Waals surface area contributed by atoms with Gasteiger partial charge in [-0.1, -0.05) is 0 Å². The van der Waals surface area contributed by atoms with Gasteiger partial charge in [-0.3, -0.25) is 19.4 Å². The second-order valence-electron chi connectivity index (χ2n) is 7.57. The van der Waals surface area contributed by atoms with Crippen molar-refractivity contribution in [2.75, 3.05) is 39.0 Å². The van der Waals surface area contributed by atoms with Crippen LogP contribution in [0.4, 0.5) is 0 Å². The van der Waals surface area contributed by atoms with E-state index in [9.17, 15) is 18.0 Å². The summed E-state index contributed by atoms with van der Waals surface area (Å²) in [4.78, 5) is 27.8. The number of piperidine rings is 2. The highest BCUT2D eigenvalue weighted by atomic mass is 32.2. The molecular formula is C17H29N3O4S. The van der Waals surface area contributed by atoms with E-state index in [1.54, 1.807) is 4.31 Å². The van der Waals surface area contributed by atoms with Gasteiger partial charge in [0.1, 0.15) is 0 Å². The zero-order chi connectivity index (χ0) is 18.2. The molecule has 0 aromatic carbocycles. The van der Waals surface area contributed by atoms with Crippen molar-refractivity contribution in [2.45, 2.75) is 45.1 Å². The number of carbonyl (C=O) groups is 2. The lowest BCUT2D eigenvalue weighted by Gasteiger charge is -2.40. The predicted molar refractivity (Wildman–Crippen MR) is 94.2 cm³/mol. The van der Waals surface area contributed by atoms with Gasteiger partial charge in [-0.2, -0.15) is 0 Å². The van der Waals surface area contributed by atoms with Crippen LogP contribution in [0.25, 0.3) is 0 Å². The van der Waals surface area contributed by atoms with Gasteiger partial charge in [0, 0.05) is 19.6 Å². The second kappa shape index (κ2) is 7.32. The second-order valence-corrected chi connectivity index (χ2v) is 9.55. The summed E-state index contributed by atoms with van der Waals surface area (Å²) in [5.41, 5.74) is 0. The van der Waals surface area contributed by atoms with Crippen molar-refractivity contribution in [1.29, 1.82) is 0 Å². The number of hydrogen-bond donors (Lipinski definition) is 0. The number of nitrogens with zero attached hydrogens (tertiary/aromatic N) is 3. The summed E-state index contributed by atoms with van der Waals surface area (Å²) in [6.07, 6.45) is 5.54. The lowest BCUT2D eigenvalue weighted by atomic mass is 9.79. The number of sulfonamides is 1. The molecule has 0 unspecified atom stereocenters. The molecule has 1 atom stereocenters. The largest absolute Gasteiger partial charge is 0.292 e. The first-order valence-corrected chi connectivity index (χ1v) is 11.2. The Balaban J connectivity index is 1.50. The SMILES string of the molecule is CCN1C(=O)C[C@@H](N2CCC(C3CCN(S(C)(=O)=O)CC3)CC2)C1=O. The van der Waals surface area contributed by atoms with Crippen molar-refractivity contribution in [3.63, 3.8) is 0 Å². The Bertz CT molecular complexity index is 620. The van der Waals surface area contributed by atoms with E-state index in [-0.39, 0.29) is 17.9 Å². The molecule has 142 valence electrons. The smallest absolute Gasteiger partial charge is 0.247 e. The summed E-state index contributed by atoms with van der Waals surface area (Å²) < 4.78 is 24.8. The molecule has 3 aliphatic heterocycles. The highest BCUT2D eigenvalue weighted by Crippen LogP contribution is 2.34. The standard InChI is InChI=1S/C17H29N3O4S/c1-3-20-16(21)12-15(17(20)22)18-8-4-13(5-9-18)14-6-10-19(11-7-14)25(2,23)24/h13-15H,3-12H2,1-2H3/t15-/m1/s1. The van der Waals surface area contributed by atoms with Crippen LogP contribution in [0.3, 0.4) is 0 Å². The molecule has 3 fully saturated rings. The molecule has 2 amide bonds. The van der Waals surface area contributed by atoms with Crippen molar-refractivity contribution in [3.8, 4) is 0 Å². The maximum Gasteiger partial charge on any atom is 0.247 e. The van der Waals surface area contributed by atoms with Gasteiger partial charge in [0.05, 0.1) is 18.7 Å². The molecule has 3 rings (SSSR count). The third kappa shape index (κ3) is 3.90. The molecule has 3 saturated heterocycles. The molecule has 0 aromatic heterocycles. The van der Waals surface area contributed by atoms with Crippen molar-refractivity contribution < 1.29 is 18.0 Å². The predicted octanol–water partition coefficient (Wildman–Crippen LogP) is 0.517. The number of likely N-dealkylation sites (tertiary alicyclic amines) is 2. The number of hydrogen-bond acceptors (Lipinski definition) is 5. The zero-order valence-electron chi connectivity index (χ0n) is 15.2. The van der Waals surface area contributed by atoms with Crippen LogP contribution in [0.5, 0.6) is 0 Å². The normalized spacial score (nSPS) is 28.9. The van der Waals surface area contributed by atoms with Gasteiger partial charge in [0.15, 0.2) is 0 Å². The monoisotopic (exact) mass is 371 g/mol. The fourth-order valence-electron chi connectivity index (χ4n) is 4.66. The van der Waals surface area contributed by atoms with Gasteiger partial charge >= 0.3 is 0 Å². The van der Waals surface area contributed by atoms with E-state index >= 15 is 0 Å². The van der Waals surface area contributed by atoms with E-state index in [0.29, 0.717) is 37.9 Å². The molecule has 0 bridgehead atoms. The summed E-state index contributed by atoms with van der Waals surface area (Å²) in [5, 5.41) is 0. The van der Waals surface area contributed by atoms with Crippen LogP contribution >= 0.6 is 0 Å². The fourth-order valence-corrected chi connectivity index (χ4v) is 5.54. The minimum Gasteiger partial charge on any atom is -0.292 e. The topological polar surface area (TPSA) is 78.0 Å². The van der Waals surface area contributed by atoms with Crippen LogP contribution in [-0.4, -0.2) is 79.4 Å². The van der Waals surface area contributed by atoms with Gasteiger partial charge in [-0.15, -0.1) is 0 Å². The summed E-state index contributed by atoms with van der Waals surface area (Å²) in [7, 11) is -3.07. The highest BCUT2D eigenvalue weighted by Gasteiger charge is 2.42. The average Bonchev–Trinajstić information content (AvgIpc) is 2.88. The van der Waals surface area contributed by atoms with Crippen LogP contribution in [0.1, 0.15) is 39.0 Å². The Labute approximate surface area is 150 Å². The van der Waals surface area contributed by atoms with Crippen molar-refractivity contribution in [2.24, 2.45) is 11.8 Å². The first kappa shape index (κ1) is 18.8. The Kier molecular flexibility index (Phi) is 5.51. The molecular weight excluding hydrogens is 342 g/mol. The molecule has 8 heteroatoms. The summed E-state index contributed by atoms with van der Waals surface area (Å²) >= 11 is 0. The average molecular weight is 372 g/mol. The summed E-state index contributed by atoms with van der Waals surface area (Å²) in [6.45, 7) is 5.28. The molecule has 3 heterocycles. The molecule has 7 nitrogen and oxygen atoms in total. The van der Waals surface area contributed by atoms with E-state index in [0.717, 1.165) is 38.8 Å². The minimum atomic E-state index is -3.07. The van der Waals surface area contributed by atoms with Gasteiger partial charge < -0.3 is 0 Å². The molecule has 0 aliphatic carbocycles. The molecule has 0 saturated carbocycles. The molecule has 0 aromatic rings. The Morgan fingerprint density at radius 2 is 1.48 bits per heavy atom. The molecule has 3 aliphatic rings. The minimum absolute atomic E-state index is 0.0348. The first-order valence-electron chi connectivity index (χ1n) is 9.34. The fraction of sp³-hybridized carbons (Fsp3) is 0.882. The Morgan fingerprint density at radius 1 is 0.960 bits per heavy atom. The van der Waals surface area contributed by atoms with Crippen molar-refractivity contribution >= 4 is 21.8 Å². The van der Waals surface area contributed by atoms with Crippen LogP contribution in [0.15, 0.2) is 0 Å². The van der Waals surface area contributed by atoms with E-state index in [1.807, 2.05) is 6.92 Å². The van der Waals surface area contributed by atoms with Crippen LogP contribution < -0.4 is 0 Å².